The van der Waals surface area contributed by atoms with Gasteiger partial charge in [0.1, 0.15) is 0 Å². The van der Waals surface area contributed by atoms with Crippen molar-refractivity contribution in [1.82, 2.24) is 0 Å². The van der Waals surface area contributed by atoms with Crippen molar-refractivity contribution in [2.45, 2.75) is 39.9 Å². The van der Waals surface area contributed by atoms with Crippen molar-refractivity contribution >= 4 is 11.3 Å². The van der Waals surface area contributed by atoms with E-state index < -0.39 is 0 Å². The van der Waals surface area contributed by atoms with E-state index >= 15 is 0 Å². The van der Waals surface area contributed by atoms with Gasteiger partial charge in [-0.25, -0.2) is 0 Å². The molecule has 1 nitrogen and oxygen atoms in total. The Morgan fingerprint density at radius 3 is 2.50 bits per heavy atom. The molecule has 0 bridgehead atoms. The number of hydrogen-bond donors (Lipinski definition) is 0. The molecule has 2 heteroatoms. The van der Waals surface area contributed by atoms with Crippen molar-refractivity contribution in [3.05, 3.63) is 21.9 Å². The number of rotatable bonds is 4. The molecule has 0 fully saturated rings. The molecule has 1 rings (SSSR count). The van der Waals surface area contributed by atoms with Crippen LogP contribution in [0.25, 0.3) is 0 Å². The van der Waals surface area contributed by atoms with E-state index in [0.717, 1.165) is 13.0 Å². The SMILES string of the molecule is CCc1ccc(COC(C)C)s1. The minimum atomic E-state index is 0.331. The van der Waals surface area contributed by atoms with E-state index in [-0.39, 0.29) is 0 Å². The van der Waals surface area contributed by atoms with Gasteiger partial charge in [-0.1, -0.05) is 6.92 Å². The summed E-state index contributed by atoms with van der Waals surface area (Å²) in [6.07, 6.45) is 1.46. The van der Waals surface area contributed by atoms with Gasteiger partial charge in [0, 0.05) is 9.75 Å². The van der Waals surface area contributed by atoms with Crippen molar-refractivity contribution in [3.8, 4) is 0 Å². The lowest BCUT2D eigenvalue weighted by atomic mass is 10.4. The zero-order chi connectivity index (χ0) is 8.97. The summed E-state index contributed by atoms with van der Waals surface area (Å²) in [5.74, 6) is 0. The molecule has 0 aliphatic carbocycles. The van der Waals surface area contributed by atoms with Gasteiger partial charge in [-0.15, -0.1) is 11.3 Å². The van der Waals surface area contributed by atoms with Crippen LogP contribution < -0.4 is 0 Å². The molecule has 68 valence electrons. The fourth-order valence-corrected chi connectivity index (χ4v) is 1.82. The molecule has 1 heterocycles. The molecule has 1 aromatic heterocycles. The Labute approximate surface area is 78.4 Å². The maximum atomic E-state index is 5.50. The molecule has 12 heavy (non-hydrogen) atoms. The molecule has 0 aliphatic heterocycles. The molecule has 0 spiro atoms. The summed E-state index contributed by atoms with van der Waals surface area (Å²) in [4.78, 5) is 2.78. The molecule has 0 N–H and O–H groups in total. The van der Waals surface area contributed by atoms with Crippen molar-refractivity contribution < 1.29 is 4.74 Å². The lowest BCUT2D eigenvalue weighted by Crippen LogP contribution is -2.00. The van der Waals surface area contributed by atoms with Gasteiger partial charge in [-0.05, 0) is 32.4 Å². The van der Waals surface area contributed by atoms with Gasteiger partial charge in [0.2, 0.25) is 0 Å². The third kappa shape index (κ3) is 2.95. The normalized spacial score (nSPS) is 11.0. The number of thiophene rings is 1. The first kappa shape index (κ1) is 9.75. The van der Waals surface area contributed by atoms with Gasteiger partial charge in [0.05, 0.1) is 12.7 Å². The average Bonchev–Trinajstić information content (AvgIpc) is 2.48. The molecule has 0 radical (unpaired) electrons. The Morgan fingerprint density at radius 2 is 2.00 bits per heavy atom. The highest BCUT2D eigenvalue weighted by molar-refractivity contribution is 7.11. The standard InChI is InChI=1S/C10H16OS/c1-4-9-5-6-10(12-9)7-11-8(2)3/h5-6,8H,4,7H2,1-3H3. The van der Waals surface area contributed by atoms with Crippen LogP contribution in [0.5, 0.6) is 0 Å². The molecular formula is C10H16OS. The van der Waals surface area contributed by atoms with E-state index in [9.17, 15) is 0 Å². The Hall–Kier alpha value is -0.340. The fourth-order valence-electron chi connectivity index (χ4n) is 0.939. The van der Waals surface area contributed by atoms with E-state index in [4.69, 9.17) is 4.74 Å². The predicted octanol–water partition coefficient (Wildman–Crippen LogP) is 3.24. The van der Waals surface area contributed by atoms with E-state index in [1.807, 2.05) is 11.3 Å². The molecule has 0 unspecified atom stereocenters. The Bertz CT molecular complexity index is 227. The zero-order valence-corrected chi connectivity index (χ0v) is 8.78. The smallest absolute Gasteiger partial charge is 0.0812 e. The van der Waals surface area contributed by atoms with Crippen LogP contribution in [0.2, 0.25) is 0 Å². The van der Waals surface area contributed by atoms with Gasteiger partial charge in [-0.2, -0.15) is 0 Å². The Balaban J connectivity index is 2.41. The van der Waals surface area contributed by atoms with Crippen LogP contribution in [0.4, 0.5) is 0 Å². The van der Waals surface area contributed by atoms with Crippen LogP contribution in [0.15, 0.2) is 12.1 Å². The highest BCUT2D eigenvalue weighted by Gasteiger charge is 1.99. The van der Waals surface area contributed by atoms with Gasteiger partial charge in [0.25, 0.3) is 0 Å². The third-order valence-corrected chi connectivity index (χ3v) is 2.83. The monoisotopic (exact) mass is 184 g/mol. The number of ether oxygens (including phenoxy) is 1. The lowest BCUT2D eigenvalue weighted by Gasteiger charge is -2.04. The summed E-state index contributed by atoms with van der Waals surface area (Å²) in [7, 11) is 0. The summed E-state index contributed by atoms with van der Waals surface area (Å²) in [5.41, 5.74) is 0. The summed E-state index contributed by atoms with van der Waals surface area (Å²) in [6, 6.07) is 4.34. The second-order valence-corrected chi connectivity index (χ2v) is 4.33. The van der Waals surface area contributed by atoms with E-state index in [1.165, 1.54) is 9.75 Å². The second-order valence-electron chi connectivity index (χ2n) is 3.08. The first-order chi connectivity index (χ1) is 5.72. The lowest BCUT2D eigenvalue weighted by molar-refractivity contribution is 0.0674. The van der Waals surface area contributed by atoms with E-state index in [0.29, 0.717) is 6.10 Å². The molecule has 0 saturated heterocycles. The largest absolute Gasteiger partial charge is 0.373 e. The molecular weight excluding hydrogens is 168 g/mol. The van der Waals surface area contributed by atoms with Crippen LogP contribution in [-0.2, 0) is 17.8 Å². The van der Waals surface area contributed by atoms with Crippen molar-refractivity contribution in [2.75, 3.05) is 0 Å². The van der Waals surface area contributed by atoms with Gasteiger partial charge < -0.3 is 4.74 Å². The fraction of sp³-hybridized carbons (Fsp3) is 0.600. The minimum Gasteiger partial charge on any atom is -0.373 e. The van der Waals surface area contributed by atoms with Gasteiger partial charge in [-0.3, -0.25) is 0 Å². The molecule has 0 aliphatic rings. The summed E-state index contributed by atoms with van der Waals surface area (Å²) >= 11 is 1.85. The number of hydrogen-bond acceptors (Lipinski definition) is 2. The van der Waals surface area contributed by atoms with Crippen LogP contribution in [0, 0.1) is 0 Å². The average molecular weight is 184 g/mol. The van der Waals surface area contributed by atoms with Crippen molar-refractivity contribution in [2.24, 2.45) is 0 Å². The second kappa shape index (κ2) is 4.63. The topological polar surface area (TPSA) is 9.23 Å². The van der Waals surface area contributed by atoms with Gasteiger partial charge >= 0.3 is 0 Å². The maximum absolute atomic E-state index is 5.50. The van der Waals surface area contributed by atoms with E-state index in [2.05, 4.69) is 32.9 Å². The first-order valence-electron chi connectivity index (χ1n) is 4.41. The zero-order valence-electron chi connectivity index (χ0n) is 7.96. The predicted molar refractivity (Wildman–Crippen MR) is 53.6 cm³/mol. The third-order valence-electron chi connectivity index (χ3n) is 1.62. The van der Waals surface area contributed by atoms with Crippen LogP contribution >= 0.6 is 11.3 Å². The Kier molecular flexibility index (Phi) is 3.76. The molecule has 0 atom stereocenters. The van der Waals surface area contributed by atoms with Gasteiger partial charge in [0.15, 0.2) is 0 Å². The molecule has 0 saturated carbocycles. The summed E-state index contributed by atoms with van der Waals surface area (Å²) < 4.78 is 5.50. The minimum absolute atomic E-state index is 0.331. The molecule has 0 amide bonds. The summed E-state index contributed by atoms with van der Waals surface area (Å²) in [5, 5.41) is 0. The highest BCUT2D eigenvalue weighted by atomic mass is 32.1. The molecule has 0 aromatic carbocycles. The van der Waals surface area contributed by atoms with Crippen molar-refractivity contribution in [3.63, 3.8) is 0 Å². The van der Waals surface area contributed by atoms with Crippen LogP contribution in [-0.4, -0.2) is 6.10 Å². The Morgan fingerprint density at radius 1 is 1.33 bits per heavy atom. The highest BCUT2D eigenvalue weighted by Crippen LogP contribution is 2.17. The quantitative estimate of drug-likeness (QED) is 0.698. The van der Waals surface area contributed by atoms with Crippen LogP contribution in [0.1, 0.15) is 30.5 Å². The molecule has 1 aromatic rings. The van der Waals surface area contributed by atoms with Crippen LogP contribution in [0.3, 0.4) is 0 Å². The van der Waals surface area contributed by atoms with E-state index in [1.54, 1.807) is 0 Å². The first-order valence-corrected chi connectivity index (χ1v) is 5.23. The van der Waals surface area contributed by atoms with Crippen molar-refractivity contribution in [1.29, 1.82) is 0 Å². The maximum Gasteiger partial charge on any atom is 0.0812 e. The number of aryl methyl sites for hydroxylation is 1. The summed E-state index contributed by atoms with van der Waals surface area (Å²) in [6.45, 7) is 7.07.